The van der Waals surface area contributed by atoms with Crippen LogP contribution in [0.25, 0.3) is 0 Å². The van der Waals surface area contributed by atoms with E-state index in [1.54, 1.807) is 0 Å². The number of carbonyl (C=O) groups excluding carboxylic acids is 3. The van der Waals surface area contributed by atoms with Gasteiger partial charge in [-0.05, 0) is 6.92 Å². The number of amides is 3. The molecule has 0 radical (unpaired) electrons. The number of aromatic nitrogens is 2. The van der Waals surface area contributed by atoms with E-state index in [0.717, 1.165) is 0 Å². The highest BCUT2D eigenvalue weighted by molar-refractivity contribution is 5.95. The Morgan fingerprint density at radius 1 is 1.10 bits per heavy atom. The Kier molecular flexibility index (Phi) is 9.38. The molecule has 0 saturated carbocycles. The van der Waals surface area contributed by atoms with E-state index in [1.807, 2.05) is 0 Å². The number of nitrogens with two attached hydrogens (primary N) is 1. The molecule has 0 bridgehead atoms. The molecular formula is C16H24N6O8. The van der Waals surface area contributed by atoms with Gasteiger partial charge >= 0.3 is 11.9 Å². The standard InChI is InChI=1S/C16H24N6O8/c1-7(23)13(22-11(24)4-17)15(28)20-9(3-12(25)26)14(27)21-10(16(29)30)2-8-5-18-6-19-8/h5-7,9-10,13,23H,2-4,17H2,1H3,(H,18,19)(H,20,28)(H,21,27)(H,22,24)(H,25,26)(H,29,30). The van der Waals surface area contributed by atoms with Crippen LogP contribution in [0.1, 0.15) is 19.0 Å². The van der Waals surface area contributed by atoms with Crippen molar-refractivity contribution in [2.45, 2.75) is 44.0 Å². The number of hydrogen-bond acceptors (Lipinski definition) is 8. The highest BCUT2D eigenvalue weighted by Gasteiger charge is 2.32. The monoisotopic (exact) mass is 428 g/mol. The summed E-state index contributed by atoms with van der Waals surface area (Å²) < 4.78 is 0. The molecule has 1 heterocycles. The molecule has 0 aromatic carbocycles. The zero-order valence-electron chi connectivity index (χ0n) is 16.0. The number of nitrogens with one attached hydrogen (secondary N) is 4. The second kappa shape index (κ2) is 11.5. The Labute approximate surface area is 170 Å². The lowest BCUT2D eigenvalue weighted by atomic mass is 10.1. The van der Waals surface area contributed by atoms with Gasteiger partial charge in [-0.25, -0.2) is 9.78 Å². The number of aliphatic hydroxyl groups excluding tert-OH is 1. The second-order valence-corrected chi connectivity index (χ2v) is 6.33. The molecule has 3 amide bonds. The Balaban J connectivity index is 2.93. The topological polar surface area (TPSA) is 237 Å². The Bertz CT molecular complexity index is 766. The Morgan fingerprint density at radius 3 is 2.20 bits per heavy atom. The van der Waals surface area contributed by atoms with Crippen LogP contribution < -0.4 is 21.7 Å². The lowest BCUT2D eigenvalue weighted by molar-refractivity contribution is -0.143. The van der Waals surface area contributed by atoms with E-state index in [2.05, 4.69) is 25.9 Å². The molecule has 1 aromatic rings. The summed E-state index contributed by atoms with van der Waals surface area (Å²) in [5, 5.41) is 34.4. The highest BCUT2D eigenvalue weighted by atomic mass is 16.4. The number of rotatable bonds is 12. The minimum Gasteiger partial charge on any atom is -0.481 e. The average Bonchev–Trinajstić information content (AvgIpc) is 3.16. The third-order valence-corrected chi connectivity index (χ3v) is 3.87. The minimum absolute atomic E-state index is 0.169. The van der Waals surface area contributed by atoms with Crippen LogP contribution in [0, 0.1) is 0 Å². The molecule has 0 aliphatic heterocycles. The van der Waals surface area contributed by atoms with Crippen LogP contribution in [-0.4, -0.2) is 85.7 Å². The van der Waals surface area contributed by atoms with Crippen molar-refractivity contribution < 1.29 is 39.3 Å². The van der Waals surface area contributed by atoms with E-state index in [1.165, 1.54) is 19.4 Å². The summed E-state index contributed by atoms with van der Waals surface area (Å²) in [7, 11) is 0. The molecule has 166 valence electrons. The van der Waals surface area contributed by atoms with Gasteiger partial charge in [-0.15, -0.1) is 0 Å². The Morgan fingerprint density at radius 2 is 1.73 bits per heavy atom. The van der Waals surface area contributed by atoms with Crippen molar-refractivity contribution in [3.8, 4) is 0 Å². The molecule has 0 aliphatic carbocycles. The van der Waals surface area contributed by atoms with Gasteiger partial charge in [0.25, 0.3) is 0 Å². The van der Waals surface area contributed by atoms with Gasteiger partial charge in [0.15, 0.2) is 0 Å². The zero-order chi connectivity index (χ0) is 22.8. The molecule has 14 nitrogen and oxygen atoms in total. The number of aliphatic carboxylic acids is 2. The highest BCUT2D eigenvalue weighted by Crippen LogP contribution is 2.03. The molecule has 0 saturated heterocycles. The van der Waals surface area contributed by atoms with Crippen molar-refractivity contribution in [2.75, 3.05) is 6.54 Å². The normalized spacial score (nSPS) is 14.6. The van der Waals surface area contributed by atoms with Crippen LogP contribution in [0.15, 0.2) is 12.5 Å². The lowest BCUT2D eigenvalue weighted by Crippen LogP contribution is -2.59. The van der Waals surface area contributed by atoms with E-state index in [4.69, 9.17) is 10.8 Å². The number of carbonyl (C=O) groups is 5. The number of hydrogen-bond donors (Lipinski definition) is 8. The van der Waals surface area contributed by atoms with Crippen molar-refractivity contribution in [2.24, 2.45) is 5.73 Å². The quantitative estimate of drug-likeness (QED) is 0.162. The van der Waals surface area contributed by atoms with Gasteiger partial charge in [0.05, 0.1) is 25.4 Å². The van der Waals surface area contributed by atoms with Crippen molar-refractivity contribution in [1.29, 1.82) is 0 Å². The number of carboxylic acid groups (broad SMARTS) is 2. The molecule has 0 spiro atoms. The fourth-order valence-corrected chi connectivity index (χ4v) is 2.37. The van der Waals surface area contributed by atoms with Gasteiger partial charge in [-0.1, -0.05) is 0 Å². The smallest absolute Gasteiger partial charge is 0.326 e. The van der Waals surface area contributed by atoms with Gasteiger partial charge in [0.2, 0.25) is 17.7 Å². The maximum Gasteiger partial charge on any atom is 0.326 e. The predicted octanol–water partition coefficient (Wildman–Crippen LogP) is -3.69. The molecule has 9 N–H and O–H groups in total. The fraction of sp³-hybridized carbons (Fsp3) is 0.500. The number of imidazole rings is 1. The maximum absolute atomic E-state index is 12.5. The van der Waals surface area contributed by atoms with Gasteiger partial charge in [0, 0.05) is 18.3 Å². The lowest BCUT2D eigenvalue weighted by Gasteiger charge is -2.24. The molecule has 14 heteroatoms. The number of aliphatic hydroxyl groups is 1. The maximum atomic E-state index is 12.5. The largest absolute Gasteiger partial charge is 0.481 e. The fourth-order valence-electron chi connectivity index (χ4n) is 2.37. The van der Waals surface area contributed by atoms with Crippen LogP contribution in [0.5, 0.6) is 0 Å². The first-order chi connectivity index (χ1) is 14.0. The first-order valence-corrected chi connectivity index (χ1v) is 8.75. The van der Waals surface area contributed by atoms with E-state index in [0.29, 0.717) is 5.69 Å². The van der Waals surface area contributed by atoms with Gasteiger partial charge < -0.3 is 42.0 Å². The van der Waals surface area contributed by atoms with E-state index >= 15 is 0 Å². The van der Waals surface area contributed by atoms with E-state index in [-0.39, 0.29) is 6.42 Å². The van der Waals surface area contributed by atoms with Crippen LogP contribution in [0.3, 0.4) is 0 Å². The SMILES string of the molecule is CC(O)C(NC(=O)CN)C(=O)NC(CC(=O)O)C(=O)NC(Cc1cnc[nH]1)C(=O)O. The summed E-state index contributed by atoms with van der Waals surface area (Å²) in [4.78, 5) is 65.2. The summed E-state index contributed by atoms with van der Waals surface area (Å²) in [6.45, 7) is 0.724. The summed E-state index contributed by atoms with van der Waals surface area (Å²) >= 11 is 0. The molecule has 4 unspecified atom stereocenters. The van der Waals surface area contributed by atoms with Gasteiger partial charge in [-0.3, -0.25) is 19.2 Å². The van der Waals surface area contributed by atoms with Crippen molar-refractivity contribution in [3.05, 3.63) is 18.2 Å². The van der Waals surface area contributed by atoms with Gasteiger partial charge in [0.1, 0.15) is 18.1 Å². The van der Waals surface area contributed by atoms with E-state index < -0.39 is 66.9 Å². The number of H-pyrrole nitrogens is 1. The summed E-state index contributed by atoms with van der Waals surface area (Å²) in [5.41, 5.74) is 5.55. The molecule has 0 aliphatic rings. The molecule has 0 fully saturated rings. The number of aromatic amines is 1. The van der Waals surface area contributed by atoms with Gasteiger partial charge in [-0.2, -0.15) is 0 Å². The second-order valence-electron chi connectivity index (χ2n) is 6.33. The summed E-state index contributed by atoms with van der Waals surface area (Å²) in [6, 6.07) is -4.62. The molecule has 30 heavy (non-hydrogen) atoms. The van der Waals surface area contributed by atoms with Crippen molar-refractivity contribution in [3.63, 3.8) is 0 Å². The van der Waals surface area contributed by atoms with Crippen LogP contribution in [0.2, 0.25) is 0 Å². The van der Waals surface area contributed by atoms with Crippen molar-refractivity contribution in [1.82, 2.24) is 25.9 Å². The first kappa shape index (κ1) is 24.5. The number of carboxylic acids is 2. The predicted molar refractivity (Wildman–Crippen MR) is 98.7 cm³/mol. The molecule has 1 aromatic heterocycles. The molecular weight excluding hydrogens is 404 g/mol. The van der Waals surface area contributed by atoms with Crippen LogP contribution >= 0.6 is 0 Å². The van der Waals surface area contributed by atoms with Crippen LogP contribution in [0.4, 0.5) is 0 Å². The van der Waals surface area contributed by atoms with Crippen molar-refractivity contribution >= 4 is 29.7 Å². The Hall–Kier alpha value is -3.52. The van der Waals surface area contributed by atoms with E-state index in [9.17, 15) is 34.2 Å². The van der Waals surface area contributed by atoms with Crippen LogP contribution in [-0.2, 0) is 30.4 Å². The third-order valence-electron chi connectivity index (χ3n) is 3.87. The average molecular weight is 428 g/mol. The summed E-state index contributed by atoms with van der Waals surface area (Å²) in [6.07, 6.45) is 0.241. The number of nitrogens with zero attached hydrogens (tertiary/aromatic N) is 1. The molecule has 4 atom stereocenters. The minimum atomic E-state index is -1.67. The molecule has 1 rings (SSSR count). The first-order valence-electron chi connectivity index (χ1n) is 8.75. The summed E-state index contributed by atoms with van der Waals surface area (Å²) in [5.74, 6) is -5.73. The third kappa shape index (κ3) is 7.84. The zero-order valence-corrected chi connectivity index (χ0v) is 16.0.